The second-order valence-electron chi connectivity index (χ2n) is 6.70. The Morgan fingerprint density at radius 1 is 1.35 bits per heavy atom. The van der Waals surface area contributed by atoms with Crippen LogP contribution in [-0.4, -0.2) is 60.3 Å². The Morgan fingerprint density at radius 2 is 2.00 bits per heavy atom. The Morgan fingerprint density at radius 3 is 2.60 bits per heavy atom. The van der Waals surface area contributed by atoms with Crippen LogP contribution >= 0.6 is 0 Å². The monoisotopic (exact) mass is 282 g/mol. The molecule has 6 nitrogen and oxygen atoms in total. The number of carbonyl (C=O) groups excluding carboxylic acids is 1. The van der Waals surface area contributed by atoms with Gasteiger partial charge in [-0.1, -0.05) is 0 Å². The second-order valence-corrected chi connectivity index (χ2v) is 6.70. The van der Waals surface area contributed by atoms with E-state index >= 15 is 0 Å². The molecule has 0 aromatic carbocycles. The van der Waals surface area contributed by atoms with Crippen molar-refractivity contribution in [1.29, 1.82) is 0 Å². The first kappa shape index (κ1) is 13.8. The first-order chi connectivity index (χ1) is 9.44. The van der Waals surface area contributed by atoms with E-state index in [-0.39, 0.29) is 23.8 Å². The fraction of sp³-hybridized carbons (Fsp3) is 0.857. The number of carboxylic acid groups (broad SMARTS) is 1. The number of aliphatic carboxylic acids is 1. The SMILES string of the molecule is CC1(OCC(=O)O)CN(C(=O)C2CC23CCNCC3)C1. The Balaban J connectivity index is 1.48. The van der Waals surface area contributed by atoms with E-state index in [2.05, 4.69) is 5.32 Å². The lowest BCUT2D eigenvalue weighted by Gasteiger charge is -2.47. The summed E-state index contributed by atoms with van der Waals surface area (Å²) in [4.78, 5) is 24.8. The van der Waals surface area contributed by atoms with Crippen molar-refractivity contribution in [2.45, 2.75) is 31.8 Å². The van der Waals surface area contributed by atoms with Crippen molar-refractivity contribution in [1.82, 2.24) is 10.2 Å². The molecule has 1 atom stereocenters. The summed E-state index contributed by atoms with van der Waals surface area (Å²) in [6.07, 6.45) is 3.23. The van der Waals surface area contributed by atoms with Crippen molar-refractivity contribution in [3.63, 3.8) is 0 Å². The van der Waals surface area contributed by atoms with Crippen LogP contribution in [0.3, 0.4) is 0 Å². The van der Waals surface area contributed by atoms with Crippen LogP contribution in [0.4, 0.5) is 0 Å². The minimum Gasteiger partial charge on any atom is -0.480 e. The van der Waals surface area contributed by atoms with Crippen LogP contribution in [0.5, 0.6) is 0 Å². The number of amides is 1. The molecule has 2 saturated heterocycles. The van der Waals surface area contributed by atoms with Gasteiger partial charge in [-0.2, -0.15) is 0 Å². The molecule has 3 rings (SSSR count). The summed E-state index contributed by atoms with van der Waals surface area (Å²) in [5.41, 5.74) is -0.222. The highest BCUT2D eigenvalue weighted by atomic mass is 16.5. The Bertz CT molecular complexity index is 425. The largest absolute Gasteiger partial charge is 0.480 e. The minimum absolute atomic E-state index is 0.189. The molecule has 1 amide bonds. The number of carboxylic acids is 1. The highest BCUT2D eigenvalue weighted by Gasteiger charge is 2.60. The van der Waals surface area contributed by atoms with E-state index in [9.17, 15) is 9.59 Å². The third-order valence-corrected chi connectivity index (χ3v) is 4.99. The smallest absolute Gasteiger partial charge is 0.329 e. The molecular weight excluding hydrogens is 260 g/mol. The van der Waals surface area contributed by atoms with Crippen molar-refractivity contribution < 1.29 is 19.4 Å². The average molecular weight is 282 g/mol. The Hall–Kier alpha value is -1.14. The zero-order valence-electron chi connectivity index (χ0n) is 11.9. The average Bonchev–Trinajstić information content (AvgIpc) is 3.06. The fourth-order valence-electron chi connectivity index (χ4n) is 3.64. The summed E-state index contributed by atoms with van der Waals surface area (Å²) in [6, 6.07) is 0. The van der Waals surface area contributed by atoms with E-state index in [0.29, 0.717) is 13.1 Å². The fourth-order valence-corrected chi connectivity index (χ4v) is 3.64. The maximum absolute atomic E-state index is 12.4. The van der Waals surface area contributed by atoms with Gasteiger partial charge in [0.2, 0.25) is 5.91 Å². The molecule has 1 unspecified atom stereocenters. The third kappa shape index (κ3) is 2.42. The molecule has 1 saturated carbocycles. The van der Waals surface area contributed by atoms with E-state index in [4.69, 9.17) is 9.84 Å². The molecule has 0 aromatic heterocycles. The highest BCUT2D eigenvalue weighted by molar-refractivity contribution is 5.83. The highest BCUT2D eigenvalue weighted by Crippen LogP contribution is 2.59. The molecule has 3 aliphatic rings. The number of carbonyl (C=O) groups is 2. The summed E-state index contributed by atoms with van der Waals surface area (Å²) in [5, 5.41) is 12.0. The molecule has 1 aliphatic carbocycles. The molecule has 2 heterocycles. The summed E-state index contributed by atoms with van der Waals surface area (Å²) in [7, 11) is 0. The number of piperidine rings is 1. The van der Waals surface area contributed by atoms with Gasteiger partial charge < -0.3 is 20.1 Å². The first-order valence-electron chi connectivity index (χ1n) is 7.29. The van der Waals surface area contributed by atoms with Gasteiger partial charge >= 0.3 is 5.97 Å². The van der Waals surface area contributed by atoms with Gasteiger partial charge in [0.25, 0.3) is 0 Å². The summed E-state index contributed by atoms with van der Waals surface area (Å²) < 4.78 is 5.34. The van der Waals surface area contributed by atoms with Crippen LogP contribution in [-0.2, 0) is 14.3 Å². The van der Waals surface area contributed by atoms with Gasteiger partial charge in [0, 0.05) is 5.92 Å². The van der Waals surface area contributed by atoms with Crippen molar-refractivity contribution in [3.05, 3.63) is 0 Å². The van der Waals surface area contributed by atoms with Gasteiger partial charge in [-0.3, -0.25) is 4.79 Å². The van der Waals surface area contributed by atoms with Crippen molar-refractivity contribution in [2.24, 2.45) is 11.3 Å². The predicted molar refractivity (Wildman–Crippen MR) is 71.2 cm³/mol. The standard InChI is InChI=1S/C14H22N2O4/c1-13(20-7-11(17)18)8-16(9-13)12(19)10-6-14(10)2-4-15-5-3-14/h10,15H,2-9H2,1H3,(H,17,18). The van der Waals surface area contributed by atoms with Crippen molar-refractivity contribution in [2.75, 3.05) is 32.8 Å². The quantitative estimate of drug-likeness (QED) is 0.763. The van der Waals surface area contributed by atoms with E-state index < -0.39 is 11.6 Å². The van der Waals surface area contributed by atoms with Crippen LogP contribution in [0, 0.1) is 11.3 Å². The topological polar surface area (TPSA) is 78.9 Å². The Kier molecular flexibility index (Phi) is 3.25. The molecule has 2 aliphatic heterocycles. The molecule has 0 radical (unpaired) electrons. The third-order valence-electron chi connectivity index (χ3n) is 4.99. The van der Waals surface area contributed by atoms with Gasteiger partial charge in [-0.25, -0.2) is 4.79 Å². The molecule has 20 heavy (non-hydrogen) atoms. The van der Waals surface area contributed by atoms with E-state index in [0.717, 1.165) is 32.4 Å². The summed E-state index contributed by atoms with van der Waals surface area (Å²) >= 11 is 0. The van der Waals surface area contributed by atoms with Crippen molar-refractivity contribution >= 4 is 11.9 Å². The van der Waals surface area contributed by atoms with Gasteiger partial charge in [0.1, 0.15) is 12.2 Å². The lowest BCUT2D eigenvalue weighted by atomic mass is 9.90. The predicted octanol–water partition coefficient (Wildman–Crippen LogP) is 0.0782. The number of nitrogens with zero attached hydrogens (tertiary/aromatic N) is 1. The first-order valence-corrected chi connectivity index (χ1v) is 7.29. The molecule has 3 fully saturated rings. The molecule has 2 N–H and O–H groups in total. The molecule has 1 spiro atoms. The number of likely N-dealkylation sites (tertiary alicyclic amines) is 1. The van der Waals surface area contributed by atoms with Gasteiger partial charge in [-0.05, 0) is 44.7 Å². The number of hydrogen-bond donors (Lipinski definition) is 2. The summed E-state index contributed by atoms with van der Waals surface area (Å²) in [6.45, 7) is 4.64. The zero-order chi connectivity index (χ0) is 14.4. The number of nitrogens with one attached hydrogen (secondary N) is 1. The van der Waals surface area contributed by atoms with Gasteiger partial charge in [0.05, 0.1) is 13.1 Å². The maximum Gasteiger partial charge on any atom is 0.329 e. The molecule has 0 aromatic rings. The molecule has 6 heteroatoms. The summed E-state index contributed by atoms with van der Waals surface area (Å²) in [5.74, 6) is -0.538. The normalized spacial score (nSPS) is 29.9. The zero-order valence-corrected chi connectivity index (χ0v) is 11.9. The van der Waals surface area contributed by atoms with Crippen molar-refractivity contribution in [3.8, 4) is 0 Å². The van der Waals surface area contributed by atoms with E-state index in [1.165, 1.54) is 0 Å². The number of ether oxygens (including phenoxy) is 1. The maximum atomic E-state index is 12.4. The second kappa shape index (κ2) is 4.70. The van der Waals surface area contributed by atoms with Crippen LogP contribution < -0.4 is 5.32 Å². The van der Waals surface area contributed by atoms with Gasteiger partial charge in [0.15, 0.2) is 0 Å². The molecule has 112 valence electrons. The van der Waals surface area contributed by atoms with E-state index in [1.807, 2.05) is 11.8 Å². The van der Waals surface area contributed by atoms with E-state index in [1.54, 1.807) is 0 Å². The minimum atomic E-state index is -0.966. The van der Waals surface area contributed by atoms with Crippen LogP contribution in [0.1, 0.15) is 26.2 Å². The van der Waals surface area contributed by atoms with Crippen LogP contribution in [0.25, 0.3) is 0 Å². The van der Waals surface area contributed by atoms with Crippen LogP contribution in [0.2, 0.25) is 0 Å². The Labute approximate surface area is 118 Å². The van der Waals surface area contributed by atoms with Gasteiger partial charge in [-0.15, -0.1) is 0 Å². The number of rotatable bonds is 4. The molecule has 0 bridgehead atoms. The van der Waals surface area contributed by atoms with Crippen LogP contribution in [0.15, 0.2) is 0 Å². The number of hydrogen-bond acceptors (Lipinski definition) is 4. The lowest BCUT2D eigenvalue weighted by Crippen LogP contribution is -2.64. The lowest BCUT2D eigenvalue weighted by molar-refractivity contribution is -0.174. The molecular formula is C14H22N2O4.